The van der Waals surface area contributed by atoms with Crippen molar-refractivity contribution in [2.45, 2.75) is 13.1 Å². The zero-order valence-corrected chi connectivity index (χ0v) is 7.84. The molecule has 0 unspecified atom stereocenters. The van der Waals surface area contributed by atoms with Gasteiger partial charge in [-0.1, -0.05) is 0 Å². The fourth-order valence-corrected chi connectivity index (χ4v) is 0.575. The maximum absolute atomic E-state index is 12.1. The Labute approximate surface area is 79.3 Å². The Morgan fingerprint density at radius 1 is 1.43 bits per heavy atom. The number of hydrazine groups is 1. The Morgan fingerprint density at radius 3 is 2.21 bits per heavy atom. The molecule has 5 nitrogen and oxygen atoms in total. The topological polar surface area (TPSA) is 80.0 Å². The zero-order chi connectivity index (χ0) is 11.4. The lowest BCUT2D eigenvalue weighted by Crippen LogP contribution is -2.43. The van der Waals surface area contributed by atoms with Crippen molar-refractivity contribution in [2.24, 2.45) is 21.6 Å². The molecular formula is C6H12F3N5. The molecule has 0 aromatic heterocycles. The summed E-state index contributed by atoms with van der Waals surface area (Å²) >= 11 is 0. The number of nitrogens with two attached hydrogens (primary N) is 2. The minimum Gasteiger partial charge on any atom is -0.368 e. The van der Waals surface area contributed by atoms with Gasteiger partial charge in [-0.25, -0.2) is 5.84 Å². The van der Waals surface area contributed by atoms with Crippen LogP contribution in [-0.2, 0) is 0 Å². The summed E-state index contributed by atoms with van der Waals surface area (Å²) in [5, 5.41) is 0.886. The molecule has 0 aromatic carbocycles. The lowest BCUT2D eigenvalue weighted by molar-refractivity contribution is -0.0598. The molecule has 0 rings (SSSR count). The largest absolute Gasteiger partial charge is 0.451 e. The van der Waals surface area contributed by atoms with Gasteiger partial charge in [-0.15, -0.1) is 0 Å². The van der Waals surface area contributed by atoms with Crippen LogP contribution in [0.4, 0.5) is 13.2 Å². The number of hydrogen-bond donors (Lipinski definition) is 2. The smallest absolute Gasteiger partial charge is 0.368 e. The van der Waals surface area contributed by atoms with Crippen molar-refractivity contribution in [3.8, 4) is 0 Å². The van der Waals surface area contributed by atoms with Crippen LogP contribution in [0.5, 0.6) is 0 Å². The lowest BCUT2D eigenvalue weighted by Gasteiger charge is -2.15. The van der Waals surface area contributed by atoms with Crippen LogP contribution >= 0.6 is 0 Å². The Bertz CT molecular complexity index is 244. The van der Waals surface area contributed by atoms with E-state index in [9.17, 15) is 13.2 Å². The van der Waals surface area contributed by atoms with Crippen LogP contribution in [0.25, 0.3) is 0 Å². The molecule has 0 amide bonds. The first-order valence-corrected chi connectivity index (χ1v) is 3.73. The number of alkyl halides is 3. The Balaban J connectivity index is 4.78. The van der Waals surface area contributed by atoms with E-state index in [-0.39, 0.29) is 6.54 Å². The van der Waals surface area contributed by atoms with Crippen LogP contribution in [-0.4, -0.2) is 36.6 Å². The molecule has 0 aliphatic rings. The molecule has 0 aliphatic heterocycles. The minimum atomic E-state index is -4.62. The molecule has 0 radical (unpaired) electrons. The molecule has 0 aliphatic carbocycles. The fraction of sp³-hybridized carbons (Fsp3) is 0.667. The van der Waals surface area contributed by atoms with Gasteiger partial charge in [0.05, 0.1) is 0 Å². The van der Waals surface area contributed by atoms with E-state index in [0.29, 0.717) is 0 Å². The summed E-state index contributed by atoms with van der Waals surface area (Å²) in [7, 11) is 0.979. The molecule has 0 fully saturated rings. The van der Waals surface area contributed by atoms with Gasteiger partial charge in [-0.2, -0.15) is 18.2 Å². The predicted octanol–water partition coefficient (Wildman–Crippen LogP) is 0.0873. The van der Waals surface area contributed by atoms with E-state index >= 15 is 0 Å². The number of hydrogen-bond acceptors (Lipinski definition) is 2. The maximum Gasteiger partial charge on any atom is 0.451 e. The van der Waals surface area contributed by atoms with Crippen LogP contribution in [0.15, 0.2) is 9.98 Å². The number of amidine groups is 1. The molecule has 0 spiro atoms. The second kappa shape index (κ2) is 4.80. The van der Waals surface area contributed by atoms with Gasteiger partial charge in [0.25, 0.3) is 0 Å². The van der Waals surface area contributed by atoms with Crippen molar-refractivity contribution in [1.29, 1.82) is 0 Å². The second-order valence-electron chi connectivity index (χ2n) is 2.30. The van der Waals surface area contributed by atoms with E-state index in [0.717, 1.165) is 12.1 Å². The summed E-state index contributed by atoms with van der Waals surface area (Å²) in [6, 6.07) is 0. The molecule has 82 valence electrons. The highest BCUT2D eigenvalue weighted by atomic mass is 19.4. The quantitative estimate of drug-likeness (QED) is 0.279. The third-order valence-electron chi connectivity index (χ3n) is 1.32. The van der Waals surface area contributed by atoms with Gasteiger partial charge in [-0.3, -0.25) is 10.0 Å². The molecule has 0 bridgehead atoms. The molecule has 8 heteroatoms. The van der Waals surface area contributed by atoms with Crippen molar-refractivity contribution in [1.82, 2.24) is 5.01 Å². The zero-order valence-electron chi connectivity index (χ0n) is 7.84. The third-order valence-corrected chi connectivity index (χ3v) is 1.32. The first-order chi connectivity index (χ1) is 6.32. The second-order valence-corrected chi connectivity index (χ2v) is 2.30. The van der Waals surface area contributed by atoms with Crippen LogP contribution in [0, 0.1) is 0 Å². The standard InChI is InChI=1S/C6H12F3N5/c1-3-14(11)5(10)13-4(12-2)6(7,8)9/h3,11H2,1-2H3,(H2,10,12,13). The van der Waals surface area contributed by atoms with Crippen LogP contribution < -0.4 is 11.6 Å². The van der Waals surface area contributed by atoms with Gasteiger partial charge in [-0.05, 0) is 6.92 Å². The van der Waals surface area contributed by atoms with Crippen LogP contribution in [0.3, 0.4) is 0 Å². The van der Waals surface area contributed by atoms with Crippen molar-refractivity contribution >= 4 is 11.8 Å². The van der Waals surface area contributed by atoms with Gasteiger partial charge in [0.1, 0.15) is 0 Å². The first kappa shape index (κ1) is 12.7. The highest BCUT2D eigenvalue weighted by molar-refractivity contribution is 5.98. The number of halogens is 3. The fourth-order valence-electron chi connectivity index (χ4n) is 0.575. The highest BCUT2D eigenvalue weighted by Crippen LogP contribution is 2.17. The van der Waals surface area contributed by atoms with E-state index in [4.69, 9.17) is 11.6 Å². The molecule has 14 heavy (non-hydrogen) atoms. The lowest BCUT2D eigenvalue weighted by atomic mass is 10.6. The Morgan fingerprint density at radius 2 is 1.93 bits per heavy atom. The first-order valence-electron chi connectivity index (χ1n) is 3.73. The normalized spacial score (nSPS) is 14.4. The predicted molar refractivity (Wildman–Crippen MR) is 47.6 cm³/mol. The van der Waals surface area contributed by atoms with Crippen molar-refractivity contribution in [3.05, 3.63) is 0 Å². The third kappa shape index (κ3) is 3.60. The number of guanidine groups is 1. The van der Waals surface area contributed by atoms with Crippen LogP contribution in [0.1, 0.15) is 6.92 Å². The summed E-state index contributed by atoms with van der Waals surface area (Å²) in [4.78, 5) is 6.02. The van der Waals surface area contributed by atoms with E-state index in [1.165, 1.54) is 0 Å². The monoisotopic (exact) mass is 211 g/mol. The summed E-state index contributed by atoms with van der Waals surface area (Å²) in [5.41, 5.74) is 5.17. The number of rotatable bonds is 1. The average molecular weight is 211 g/mol. The molecule has 0 saturated heterocycles. The van der Waals surface area contributed by atoms with E-state index < -0.39 is 18.0 Å². The Hall–Kier alpha value is -1.31. The minimum absolute atomic E-state index is 0.254. The molecule has 0 heterocycles. The molecule has 4 N–H and O–H groups in total. The van der Waals surface area contributed by atoms with Gasteiger partial charge in [0, 0.05) is 13.6 Å². The highest BCUT2D eigenvalue weighted by Gasteiger charge is 2.35. The summed E-state index contributed by atoms with van der Waals surface area (Å²) in [5.74, 6) is 3.49. The molecule has 0 aromatic rings. The molecular weight excluding hydrogens is 199 g/mol. The number of nitrogens with zero attached hydrogens (tertiary/aromatic N) is 3. The van der Waals surface area contributed by atoms with E-state index in [2.05, 4.69) is 9.98 Å². The average Bonchev–Trinajstić information content (AvgIpc) is 2.10. The SMILES string of the molecule is CCN(N)C(N)=NC(=NC)C(F)(F)F. The van der Waals surface area contributed by atoms with Gasteiger partial charge >= 0.3 is 6.18 Å². The molecule has 0 saturated carbocycles. The van der Waals surface area contributed by atoms with E-state index in [1.54, 1.807) is 6.92 Å². The number of aliphatic imine (C=N–C) groups is 2. The summed E-state index contributed by atoms with van der Waals surface area (Å²) in [6.07, 6.45) is -4.62. The van der Waals surface area contributed by atoms with Gasteiger partial charge in [0.2, 0.25) is 11.8 Å². The van der Waals surface area contributed by atoms with Crippen molar-refractivity contribution in [3.63, 3.8) is 0 Å². The van der Waals surface area contributed by atoms with Gasteiger partial charge in [0.15, 0.2) is 0 Å². The molecule has 0 atom stereocenters. The Kier molecular flexibility index (Phi) is 4.35. The van der Waals surface area contributed by atoms with E-state index in [1.807, 2.05) is 0 Å². The van der Waals surface area contributed by atoms with Crippen molar-refractivity contribution in [2.75, 3.05) is 13.6 Å². The van der Waals surface area contributed by atoms with Crippen LogP contribution in [0.2, 0.25) is 0 Å². The van der Waals surface area contributed by atoms with Crippen molar-refractivity contribution < 1.29 is 13.2 Å². The van der Waals surface area contributed by atoms with Gasteiger partial charge < -0.3 is 5.73 Å². The maximum atomic E-state index is 12.1. The summed E-state index contributed by atoms with van der Waals surface area (Å²) < 4.78 is 36.3. The summed E-state index contributed by atoms with van der Waals surface area (Å²) in [6.45, 7) is 1.88.